The predicted molar refractivity (Wildman–Crippen MR) is 94.8 cm³/mol. The van der Waals surface area contributed by atoms with Gasteiger partial charge in [-0.05, 0) is 37.1 Å². The quantitative estimate of drug-likeness (QED) is 0.727. The van der Waals surface area contributed by atoms with E-state index in [-0.39, 0.29) is 6.04 Å². The molecule has 2 rings (SSSR count). The maximum atomic E-state index is 6.45. The van der Waals surface area contributed by atoms with Gasteiger partial charge in [0.25, 0.3) is 0 Å². The van der Waals surface area contributed by atoms with Crippen LogP contribution >= 0.6 is 43.5 Å². The molecule has 1 unspecified atom stereocenters. The predicted octanol–water partition coefficient (Wildman–Crippen LogP) is 4.89. The minimum atomic E-state index is -0.138. The summed E-state index contributed by atoms with van der Waals surface area (Å²) in [6.07, 6.45) is 1.49. The van der Waals surface area contributed by atoms with Crippen LogP contribution in [0.5, 0.6) is 0 Å². The number of halogens is 3. The fraction of sp³-hybridized carbons (Fsp3) is 0.400. The molecule has 0 spiro atoms. The largest absolute Gasteiger partial charge is 0.324 e. The Morgan fingerprint density at radius 2 is 2.05 bits per heavy atom. The zero-order chi connectivity index (χ0) is 15.6. The van der Waals surface area contributed by atoms with Crippen LogP contribution in [0.2, 0.25) is 5.02 Å². The Morgan fingerprint density at radius 3 is 2.67 bits per heavy atom. The molecule has 1 heterocycles. The first-order chi connectivity index (χ1) is 9.97. The average Bonchev–Trinajstić information content (AvgIpc) is 2.77. The van der Waals surface area contributed by atoms with E-state index in [4.69, 9.17) is 17.3 Å². The van der Waals surface area contributed by atoms with E-state index in [1.54, 1.807) is 0 Å². The van der Waals surface area contributed by atoms with Gasteiger partial charge in [-0.25, -0.2) is 0 Å². The van der Waals surface area contributed by atoms with E-state index in [0.717, 1.165) is 43.9 Å². The van der Waals surface area contributed by atoms with Crippen molar-refractivity contribution in [3.8, 4) is 0 Å². The Hall–Kier alpha value is -0.360. The smallest absolute Gasteiger partial charge is 0.0850 e. The van der Waals surface area contributed by atoms with E-state index in [2.05, 4.69) is 50.8 Å². The first-order valence-corrected chi connectivity index (χ1v) is 8.88. The number of rotatable bonds is 5. The number of hydrogen-bond donors (Lipinski definition) is 1. The lowest BCUT2D eigenvalue weighted by Crippen LogP contribution is -2.17. The van der Waals surface area contributed by atoms with E-state index in [1.165, 1.54) is 0 Å². The second-order valence-electron chi connectivity index (χ2n) is 4.85. The highest BCUT2D eigenvalue weighted by Gasteiger charge is 2.19. The maximum Gasteiger partial charge on any atom is 0.0850 e. The molecule has 1 aromatic heterocycles. The van der Waals surface area contributed by atoms with Gasteiger partial charge >= 0.3 is 0 Å². The third-order valence-electron chi connectivity index (χ3n) is 3.46. The van der Waals surface area contributed by atoms with Crippen LogP contribution in [0, 0.1) is 0 Å². The van der Waals surface area contributed by atoms with Crippen molar-refractivity contribution in [2.75, 3.05) is 0 Å². The molecule has 0 bridgehead atoms. The summed E-state index contributed by atoms with van der Waals surface area (Å²) in [6.45, 7) is 4.91. The molecule has 0 radical (unpaired) electrons. The zero-order valence-corrected chi connectivity index (χ0v) is 16.0. The minimum absolute atomic E-state index is 0.138. The summed E-state index contributed by atoms with van der Waals surface area (Å²) in [6, 6.07) is 5.88. The van der Waals surface area contributed by atoms with Gasteiger partial charge in [0, 0.05) is 28.0 Å². The molecule has 0 aliphatic carbocycles. The second-order valence-corrected chi connectivity index (χ2v) is 7.00. The SMILES string of the molecule is CCc1nn(CC)c(CC(N)c2cc(Br)ccc2Br)c1Cl. The summed E-state index contributed by atoms with van der Waals surface area (Å²) in [5, 5.41) is 5.29. The zero-order valence-electron chi connectivity index (χ0n) is 12.0. The summed E-state index contributed by atoms with van der Waals surface area (Å²) in [5.74, 6) is 0. The summed E-state index contributed by atoms with van der Waals surface area (Å²) in [5.41, 5.74) is 9.40. The van der Waals surface area contributed by atoms with E-state index in [0.29, 0.717) is 6.42 Å². The number of benzene rings is 1. The number of nitrogens with zero attached hydrogens (tertiary/aromatic N) is 2. The summed E-state index contributed by atoms with van der Waals surface area (Å²) >= 11 is 13.5. The van der Waals surface area contributed by atoms with Crippen molar-refractivity contribution in [2.45, 2.75) is 39.3 Å². The van der Waals surface area contributed by atoms with Gasteiger partial charge in [0.15, 0.2) is 0 Å². The fourth-order valence-electron chi connectivity index (χ4n) is 2.33. The van der Waals surface area contributed by atoms with Crippen LogP contribution in [0.15, 0.2) is 27.1 Å². The first-order valence-electron chi connectivity index (χ1n) is 6.92. The Bertz CT molecular complexity index is 640. The normalized spacial score (nSPS) is 12.7. The van der Waals surface area contributed by atoms with Crippen molar-refractivity contribution in [2.24, 2.45) is 5.73 Å². The molecule has 114 valence electrons. The van der Waals surface area contributed by atoms with Crippen molar-refractivity contribution in [1.29, 1.82) is 0 Å². The molecule has 1 aromatic carbocycles. The van der Waals surface area contributed by atoms with Crippen molar-refractivity contribution in [3.05, 3.63) is 49.1 Å². The Balaban J connectivity index is 2.33. The molecule has 6 heteroatoms. The van der Waals surface area contributed by atoms with Crippen LogP contribution in [-0.4, -0.2) is 9.78 Å². The molecule has 0 saturated heterocycles. The van der Waals surface area contributed by atoms with Gasteiger partial charge in [0.05, 0.1) is 16.4 Å². The topological polar surface area (TPSA) is 43.8 Å². The molecule has 0 saturated carbocycles. The molecule has 2 aromatic rings. The Morgan fingerprint density at radius 1 is 1.33 bits per heavy atom. The van der Waals surface area contributed by atoms with Gasteiger partial charge in [0.1, 0.15) is 0 Å². The van der Waals surface area contributed by atoms with Crippen molar-refractivity contribution in [1.82, 2.24) is 9.78 Å². The molecule has 0 fully saturated rings. The standard InChI is InChI=1S/C15H18Br2ClN3/c1-3-13-15(18)14(21(4-2)20-13)8-12(19)10-7-9(16)5-6-11(10)17/h5-7,12H,3-4,8,19H2,1-2H3. The fourth-order valence-corrected chi connectivity index (χ4v) is 3.59. The third-order valence-corrected chi connectivity index (χ3v) is 5.12. The van der Waals surface area contributed by atoms with Crippen LogP contribution in [0.25, 0.3) is 0 Å². The lowest BCUT2D eigenvalue weighted by Gasteiger charge is -2.15. The van der Waals surface area contributed by atoms with Gasteiger partial charge in [-0.2, -0.15) is 5.10 Å². The molecule has 0 aliphatic rings. The van der Waals surface area contributed by atoms with Crippen LogP contribution < -0.4 is 5.73 Å². The molecular formula is C15H18Br2ClN3. The van der Waals surface area contributed by atoms with Gasteiger partial charge in [0.2, 0.25) is 0 Å². The molecule has 1 atom stereocenters. The number of nitrogens with two attached hydrogens (primary N) is 1. The summed E-state index contributed by atoms with van der Waals surface area (Å²) < 4.78 is 3.97. The van der Waals surface area contributed by atoms with Gasteiger partial charge in [-0.1, -0.05) is 50.4 Å². The lowest BCUT2D eigenvalue weighted by molar-refractivity contribution is 0.585. The van der Waals surface area contributed by atoms with E-state index < -0.39 is 0 Å². The van der Waals surface area contributed by atoms with Crippen molar-refractivity contribution < 1.29 is 0 Å². The first kappa shape index (κ1) is 17.0. The highest BCUT2D eigenvalue weighted by atomic mass is 79.9. The number of aryl methyl sites for hydroxylation is 2. The van der Waals surface area contributed by atoms with Gasteiger partial charge in [-0.15, -0.1) is 0 Å². The molecule has 0 amide bonds. The second kappa shape index (κ2) is 7.27. The average molecular weight is 436 g/mol. The van der Waals surface area contributed by atoms with Crippen molar-refractivity contribution in [3.63, 3.8) is 0 Å². The van der Waals surface area contributed by atoms with E-state index in [9.17, 15) is 0 Å². The van der Waals surface area contributed by atoms with Crippen LogP contribution in [-0.2, 0) is 19.4 Å². The Labute approximate surface area is 147 Å². The number of hydrogen-bond acceptors (Lipinski definition) is 2. The molecular weight excluding hydrogens is 417 g/mol. The van der Waals surface area contributed by atoms with Gasteiger partial charge < -0.3 is 5.73 Å². The van der Waals surface area contributed by atoms with E-state index in [1.807, 2.05) is 22.9 Å². The van der Waals surface area contributed by atoms with Crippen LogP contribution in [0.3, 0.4) is 0 Å². The summed E-state index contributed by atoms with van der Waals surface area (Å²) in [4.78, 5) is 0. The molecule has 3 nitrogen and oxygen atoms in total. The van der Waals surface area contributed by atoms with E-state index >= 15 is 0 Å². The van der Waals surface area contributed by atoms with Gasteiger partial charge in [-0.3, -0.25) is 4.68 Å². The van der Waals surface area contributed by atoms with Crippen LogP contribution in [0.4, 0.5) is 0 Å². The van der Waals surface area contributed by atoms with Crippen LogP contribution in [0.1, 0.15) is 36.8 Å². The minimum Gasteiger partial charge on any atom is -0.324 e. The summed E-state index contributed by atoms with van der Waals surface area (Å²) in [7, 11) is 0. The third kappa shape index (κ3) is 3.70. The highest BCUT2D eigenvalue weighted by Crippen LogP contribution is 2.30. The Kier molecular flexibility index (Phi) is 5.88. The molecule has 21 heavy (non-hydrogen) atoms. The monoisotopic (exact) mass is 433 g/mol. The maximum absolute atomic E-state index is 6.45. The number of aromatic nitrogens is 2. The molecule has 0 aliphatic heterocycles. The van der Waals surface area contributed by atoms with Crippen molar-refractivity contribution >= 4 is 43.5 Å². The molecule has 2 N–H and O–H groups in total. The highest BCUT2D eigenvalue weighted by molar-refractivity contribution is 9.11. The lowest BCUT2D eigenvalue weighted by atomic mass is 10.0.